The zero-order valence-corrected chi connectivity index (χ0v) is 26.8. The highest BCUT2D eigenvalue weighted by molar-refractivity contribution is 5.68. The molecule has 6 rings (SSSR count). The number of benzene rings is 1. The first kappa shape index (κ1) is 31.1. The summed E-state index contributed by atoms with van der Waals surface area (Å²) in [5.74, 6) is 2.00. The van der Waals surface area contributed by atoms with Crippen molar-refractivity contribution in [2.45, 2.75) is 51.9 Å². The Hall–Kier alpha value is -4.85. The van der Waals surface area contributed by atoms with Crippen molar-refractivity contribution < 1.29 is 14.3 Å². The summed E-state index contributed by atoms with van der Waals surface area (Å²) in [6.07, 6.45) is 8.42. The van der Waals surface area contributed by atoms with E-state index < -0.39 is 5.60 Å². The van der Waals surface area contributed by atoms with E-state index in [2.05, 4.69) is 76.3 Å². The zero-order chi connectivity index (χ0) is 32.1. The molecule has 14 nitrogen and oxygen atoms in total. The molecular weight excluding hydrogens is 586 g/mol. The third kappa shape index (κ3) is 7.86. The molecular formula is C32H41N11O3. The number of ether oxygens (including phenoxy) is 2. The highest BCUT2D eigenvalue weighted by Gasteiger charge is 2.28. The average molecular weight is 628 g/mol. The van der Waals surface area contributed by atoms with Gasteiger partial charge < -0.3 is 29.5 Å². The van der Waals surface area contributed by atoms with Gasteiger partial charge in [0.15, 0.2) is 0 Å². The smallest absolute Gasteiger partial charge is 0.410 e. The number of piperazine rings is 1. The summed E-state index contributed by atoms with van der Waals surface area (Å²) in [6, 6.07) is 10.4. The molecule has 2 aliphatic heterocycles. The van der Waals surface area contributed by atoms with Gasteiger partial charge in [0.2, 0.25) is 17.8 Å². The van der Waals surface area contributed by atoms with Crippen LogP contribution in [0.15, 0.2) is 61.4 Å². The number of carbonyl (C=O) groups is 1. The van der Waals surface area contributed by atoms with E-state index >= 15 is 0 Å². The standard InChI is InChI=1S/C32H41N11O3/c1-23(24-8-6-5-7-9-24)25-16-33-29(34-17-25)40-10-12-41(13-11-40)30-36-22-35-28(39-30)38-26-18-37-43(19-26)21-27-20-42(14-15-45-27)31(44)46-32(2,3)4/h5-9,16-19,22-23,27H,10-15,20-21H2,1-4H3,(H,35,36,38,39)/t23?,27-/m0/s1. The molecule has 14 heteroatoms. The Morgan fingerprint density at radius 3 is 2.39 bits per heavy atom. The van der Waals surface area contributed by atoms with E-state index in [1.807, 2.05) is 45.4 Å². The number of rotatable bonds is 8. The van der Waals surface area contributed by atoms with Gasteiger partial charge in [-0.3, -0.25) is 4.68 Å². The van der Waals surface area contributed by atoms with Crippen LogP contribution in [0.2, 0.25) is 0 Å². The third-order valence-electron chi connectivity index (χ3n) is 7.93. The fourth-order valence-corrected chi connectivity index (χ4v) is 5.45. The maximum Gasteiger partial charge on any atom is 0.410 e. The van der Waals surface area contributed by atoms with E-state index in [-0.39, 0.29) is 18.1 Å². The van der Waals surface area contributed by atoms with Gasteiger partial charge in [-0.1, -0.05) is 37.3 Å². The molecule has 1 amide bonds. The monoisotopic (exact) mass is 627 g/mol. The Morgan fingerprint density at radius 2 is 1.67 bits per heavy atom. The average Bonchev–Trinajstić information content (AvgIpc) is 3.50. The number of aromatic nitrogens is 7. The molecule has 3 aromatic heterocycles. The van der Waals surface area contributed by atoms with Gasteiger partial charge in [0, 0.05) is 57.2 Å². The predicted molar refractivity (Wildman–Crippen MR) is 173 cm³/mol. The number of morpholine rings is 1. The molecule has 2 aliphatic rings. The van der Waals surface area contributed by atoms with Crippen LogP contribution in [0.1, 0.15) is 44.7 Å². The molecule has 5 heterocycles. The van der Waals surface area contributed by atoms with Crippen molar-refractivity contribution in [3.63, 3.8) is 0 Å². The van der Waals surface area contributed by atoms with Gasteiger partial charge in [-0.15, -0.1) is 0 Å². The third-order valence-corrected chi connectivity index (χ3v) is 7.93. The molecule has 1 N–H and O–H groups in total. The van der Waals surface area contributed by atoms with Crippen molar-refractivity contribution in [1.29, 1.82) is 0 Å². The van der Waals surface area contributed by atoms with Crippen LogP contribution in [0.4, 0.5) is 28.3 Å². The molecule has 0 bridgehead atoms. The fourth-order valence-electron chi connectivity index (χ4n) is 5.45. The summed E-state index contributed by atoms with van der Waals surface area (Å²) < 4.78 is 13.2. The van der Waals surface area contributed by atoms with E-state index in [9.17, 15) is 4.79 Å². The summed E-state index contributed by atoms with van der Waals surface area (Å²) in [6.45, 7) is 12.6. The number of carbonyl (C=O) groups excluding carboxylic acids is 1. The lowest BCUT2D eigenvalue weighted by atomic mass is 9.96. The molecule has 46 heavy (non-hydrogen) atoms. The van der Waals surface area contributed by atoms with Gasteiger partial charge in [-0.25, -0.2) is 24.7 Å². The van der Waals surface area contributed by atoms with Crippen molar-refractivity contribution in [1.82, 2.24) is 39.6 Å². The first-order valence-electron chi connectivity index (χ1n) is 15.6. The lowest BCUT2D eigenvalue weighted by molar-refractivity contribution is -0.0483. The van der Waals surface area contributed by atoms with Crippen LogP contribution in [0.25, 0.3) is 0 Å². The molecule has 2 atom stereocenters. The SMILES string of the molecule is CC(c1ccccc1)c1cnc(N2CCN(c3ncnc(Nc4cnn(C[C@@H]5CN(C(=O)OC(C)(C)C)CCO5)c4)n3)CC2)nc1. The van der Waals surface area contributed by atoms with Gasteiger partial charge in [0.1, 0.15) is 11.9 Å². The van der Waals surface area contributed by atoms with Crippen molar-refractivity contribution in [3.8, 4) is 0 Å². The summed E-state index contributed by atoms with van der Waals surface area (Å²) in [5, 5.41) is 7.68. The van der Waals surface area contributed by atoms with Crippen molar-refractivity contribution in [2.75, 3.05) is 61.0 Å². The second-order valence-electron chi connectivity index (χ2n) is 12.5. The minimum absolute atomic E-state index is 0.197. The van der Waals surface area contributed by atoms with Crippen LogP contribution < -0.4 is 15.1 Å². The number of amides is 1. The molecule has 1 unspecified atom stereocenters. The van der Waals surface area contributed by atoms with Gasteiger partial charge in [0.05, 0.1) is 37.7 Å². The van der Waals surface area contributed by atoms with Crippen molar-refractivity contribution in [3.05, 3.63) is 72.6 Å². The topological polar surface area (TPSA) is 140 Å². The van der Waals surface area contributed by atoms with Crippen molar-refractivity contribution >= 4 is 29.6 Å². The maximum atomic E-state index is 12.5. The second-order valence-corrected chi connectivity index (χ2v) is 12.5. The summed E-state index contributed by atoms with van der Waals surface area (Å²) in [5.41, 5.74) is 2.54. The molecule has 242 valence electrons. The van der Waals surface area contributed by atoms with Crippen LogP contribution in [-0.4, -0.2) is 103 Å². The minimum atomic E-state index is -0.541. The molecule has 0 saturated carbocycles. The Kier molecular flexibility index (Phi) is 9.24. The lowest BCUT2D eigenvalue weighted by Crippen LogP contribution is -2.48. The Labute approximate surface area is 268 Å². The summed E-state index contributed by atoms with van der Waals surface area (Å²) >= 11 is 0. The number of hydrogen-bond donors (Lipinski definition) is 1. The molecule has 0 spiro atoms. The second kappa shape index (κ2) is 13.6. The zero-order valence-electron chi connectivity index (χ0n) is 26.8. The van der Waals surface area contributed by atoms with Crippen LogP contribution in [0.5, 0.6) is 0 Å². The molecule has 4 aromatic rings. The number of nitrogens with one attached hydrogen (secondary N) is 1. The predicted octanol–water partition coefficient (Wildman–Crippen LogP) is 3.72. The molecule has 0 radical (unpaired) electrons. The first-order chi connectivity index (χ1) is 22.2. The van der Waals surface area contributed by atoms with Gasteiger partial charge in [-0.05, 0) is 31.9 Å². The summed E-state index contributed by atoms with van der Waals surface area (Å²) in [4.78, 5) is 41.2. The van der Waals surface area contributed by atoms with Crippen LogP contribution >= 0.6 is 0 Å². The minimum Gasteiger partial charge on any atom is -0.444 e. The number of anilines is 4. The maximum absolute atomic E-state index is 12.5. The van der Waals surface area contributed by atoms with E-state index in [1.165, 1.54) is 11.9 Å². The highest BCUT2D eigenvalue weighted by atomic mass is 16.6. The van der Waals surface area contributed by atoms with Gasteiger partial charge in [0.25, 0.3) is 0 Å². The number of hydrogen-bond acceptors (Lipinski definition) is 12. The highest BCUT2D eigenvalue weighted by Crippen LogP contribution is 2.24. The van der Waals surface area contributed by atoms with Gasteiger partial charge in [-0.2, -0.15) is 10.1 Å². The molecule has 2 saturated heterocycles. The van der Waals surface area contributed by atoms with E-state index in [1.54, 1.807) is 15.8 Å². The Morgan fingerprint density at radius 1 is 0.957 bits per heavy atom. The van der Waals surface area contributed by atoms with E-state index in [0.717, 1.165) is 43.4 Å². The van der Waals surface area contributed by atoms with Crippen LogP contribution in [0.3, 0.4) is 0 Å². The Bertz CT molecular complexity index is 1580. The van der Waals surface area contributed by atoms with Gasteiger partial charge >= 0.3 is 6.09 Å². The first-order valence-corrected chi connectivity index (χ1v) is 15.6. The largest absolute Gasteiger partial charge is 0.444 e. The van der Waals surface area contributed by atoms with E-state index in [4.69, 9.17) is 9.47 Å². The molecule has 2 fully saturated rings. The summed E-state index contributed by atoms with van der Waals surface area (Å²) in [7, 11) is 0. The van der Waals surface area contributed by atoms with Crippen LogP contribution in [0, 0.1) is 0 Å². The van der Waals surface area contributed by atoms with Crippen LogP contribution in [-0.2, 0) is 16.0 Å². The fraction of sp³-hybridized carbons (Fsp3) is 0.469. The normalized spacial score (nSPS) is 17.9. The molecule has 1 aromatic carbocycles. The van der Waals surface area contributed by atoms with E-state index in [0.29, 0.717) is 38.1 Å². The number of nitrogens with zero attached hydrogens (tertiary/aromatic N) is 10. The Balaban J connectivity index is 0.999. The lowest BCUT2D eigenvalue weighted by Gasteiger charge is -2.34. The molecule has 0 aliphatic carbocycles. The van der Waals surface area contributed by atoms with Crippen molar-refractivity contribution in [2.24, 2.45) is 0 Å². The quantitative estimate of drug-likeness (QED) is 0.305.